The molecule has 2 nitrogen and oxygen atoms in total. The van der Waals surface area contributed by atoms with Gasteiger partial charge in [-0.05, 0) is 6.07 Å². The van der Waals surface area contributed by atoms with Crippen molar-refractivity contribution < 1.29 is 9.13 Å². The maximum atomic E-state index is 12.7. The molecule has 0 unspecified atom stereocenters. The van der Waals surface area contributed by atoms with Crippen molar-refractivity contribution in [2.45, 2.75) is 0 Å². The molecule has 0 bridgehead atoms. The van der Waals surface area contributed by atoms with E-state index in [4.69, 9.17) is 6.42 Å². The predicted octanol–water partition coefficient (Wildman–Crippen LogP) is 1.21. The number of ether oxygens (including phenoxy) is 1. The van der Waals surface area contributed by atoms with Gasteiger partial charge in [0.1, 0.15) is 0 Å². The normalized spacial score (nSPS) is 8.82. The largest absolute Gasteiger partial charge is 0.481 e. The second-order valence-electron chi connectivity index (χ2n) is 1.84. The minimum absolute atomic E-state index is 0.144. The van der Waals surface area contributed by atoms with Crippen LogP contribution in [0.15, 0.2) is 12.1 Å². The zero-order chi connectivity index (χ0) is 8.27. The molecule has 0 aliphatic rings. The lowest BCUT2D eigenvalue weighted by molar-refractivity contribution is 0.387. The Morgan fingerprint density at radius 2 is 2.36 bits per heavy atom. The third-order valence-electron chi connectivity index (χ3n) is 1.19. The van der Waals surface area contributed by atoms with Crippen molar-refractivity contribution in [3.05, 3.63) is 23.6 Å². The molecular weight excluding hydrogens is 145 g/mol. The van der Waals surface area contributed by atoms with Gasteiger partial charge >= 0.3 is 0 Å². The second-order valence-corrected chi connectivity index (χ2v) is 1.84. The number of pyridine rings is 1. The summed E-state index contributed by atoms with van der Waals surface area (Å²) in [6.07, 6.45) is 4.97. The van der Waals surface area contributed by atoms with Crippen molar-refractivity contribution >= 4 is 0 Å². The molecule has 0 saturated carbocycles. The Morgan fingerprint density at radius 1 is 1.64 bits per heavy atom. The Labute approximate surface area is 64.0 Å². The van der Waals surface area contributed by atoms with Gasteiger partial charge in [0, 0.05) is 6.07 Å². The van der Waals surface area contributed by atoms with Crippen molar-refractivity contribution in [3.8, 4) is 18.2 Å². The lowest BCUT2D eigenvalue weighted by Gasteiger charge is -1.97. The molecule has 0 atom stereocenters. The zero-order valence-corrected chi connectivity index (χ0v) is 5.97. The van der Waals surface area contributed by atoms with E-state index >= 15 is 0 Å². The Kier molecular flexibility index (Phi) is 2.07. The van der Waals surface area contributed by atoms with Crippen LogP contribution < -0.4 is 4.74 Å². The van der Waals surface area contributed by atoms with Crippen LogP contribution in [-0.2, 0) is 0 Å². The van der Waals surface area contributed by atoms with E-state index < -0.39 is 5.95 Å². The molecule has 0 saturated heterocycles. The lowest BCUT2D eigenvalue weighted by atomic mass is 10.3. The summed E-state index contributed by atoms with van der Waals surface area (Å²) in [5.41, 5.74) is 0.144. The molecule has 1 aromatic rings. The Hall–Kier alpha value is -1.56. The van der Waals surface area contributed by atoms with E-state index in [1.165, 1.54) is 19.2 Å². The Balaban J connectivity index is 3.12. The average molecular weight is 151 g/mol. The minimum Gasteiger partial charge on any atom is -0.481 e. The standard InChI is InChI=1S/C8H6FNO/c1-3-6-4-5-7(11-2)10-8(6)9/h1,4-5H,2H3. The highest BCUT2D eigenvalue weighted by Gasteiger charge is 2.01. The topological polar surface area (TPSA) is 22.1 Å². The summed E-state index contributed by atoms with van der Waals surface area (Å²) in [5, 5.41) is 0. The van der Waals surface area contributed by atoms with Crippen LogP contribution in [0.3, 0.4) is 0 Å². The zero-order valence-electron chi connectivity index (χ0n) is 5.97. The highest BCUT2D eigenvalue weighted by atomic mass is 19.1. The highest BCUT2D eigenvalue weighted by Crippen LogP contribution is 2.09. The van der Waals surface area contributed by atoms with Crippen molar-refractivity contribution in [1.29, 1.82) is 0 Å². The quantitative estimate of drug-likeness (QED) is 0.444. The number of methoxy groups -OCH3 is 1. The smallest absolute Gasteiger partial charge is 0.231 e. The molecule has 0 aromatic carbocycles. The SMILES string of the molecule is C#Cc1ccc(OC)nc1F. The van der Waals surface area contributed by atoms with Gasteiger partial charge in [0.15, 0.2) is 0 Å². The van der Waals surface area contributed by atoms with Gasteiger partial charge in [-0.15, -0.1) is 6.42 Å². The summed E-state index contributed by atoms with van der Waals surface area (Å²) in [5.74, 6) is 1.70. The fraction of sp³-hybridized carbons (Fsp3) is 0.125. The number of rotatable bonds is 1. The third kappa shape index (κ3) is 1.47. The maximum absolute atomic E-state index is 12.7. The van der Waals surface area contributed by atoms with Gasteiger partial charge in [-0.25, -0.2) is 0 Å². The molecule has 1 heterocycles. The van der Waals surface area contributed by atoms with Crippen LogP contribution in [0.4, 0.5) is 4.39 Å². The van der Waals surface area contributed by atoms with Gasteiger partial charge in [-0.2, -0.15) is 9.37 Å². The molecule has 0 spiro atoms. The molecule has 56 valence electrons. The molecule has 0 N–H and O–H groups in total. The molecule has 0 aliphatic heterocycles. The average Bonchev–Trinajstić information content (AvgIpc) is 2.04. The van der Waals surface area contributed by atoms with Crippen LogP contribution in [0.5, 0.6) is 5.88 Å². The summed E-state index contributed by atoms with van der Waals surface area (Å²) in [6, 6.07) is 2.96. The first-order valence-electron chi connectivity index (χ1n) is 2.95. The van der Waals surface area contributed by atoms with Crippen LogP contribution in [0.1, 0.15) is 5.56 Å². The fourth-order valence-corrected chi connectivity index (χ4v) is 0.639. The minimum atomic E-state index is -0.674. The van der Waals surface area contributed by atoms with Crippen molar-refractivity contribution in [3.63, 3.8) is 0 Å². The summed E-state index contributed by atoms with van der Waals surface area (Å²) in [4.78, 5) is 3.43. The van der Waals surface area contributed by atoms with Crippen LogP contribution in [0, 0.1) is 18.3 Å². The van der Waals surface area contributed by atoms with Crippen molar-refractivity contribution in [1.82, 2.24) is 4.98 Å². The fourth-order valence-electron chi connectivity index (χ4n) is 0.639. The number of halogens is 1. The third-order valence-corrected chi connectivity index (χ3v) is 1.19. The van der Waals surface area contributed by atoms with Gasteiger partial charge in [0.2, 0.25) is 11.8 Å². The van der Waals surface area contributed by atoms with Gasteiger partial charge in [0.05, 0.1) is 12.7 Å². The monoisotopic (exact) mass is 151 g/mol. The summed E-state index contributed by atoms with van der Waals surface area (Å²) < 4.78 is 17.4. The van der Waals surface area contributed by atoms with Crippen LogP contribution in [0.25, 0.3) is 0 Å². The molecule has 0 radical (unpaired) electrons. The van der Waals surface area contributed by atoms with Gasteiger partial charge in [0.25, 0.3) is 0 Å². The Bertz CT molecular complexity index is 303. The van der Waals surface area contributed by atoms with Crippen molar-refractivity contribution in [2.24, 2.45) is 0 Å². The number of hydrogen-bond acceptors (Lipinski definition) is 2. The molecule has 0 aliphatic carbocycles. The second kappa shape index (κ2) is 3.02. The number of nitrogens with zero attached hydrogens (tertiary/aromatic N) is 1. The number of hydrogen-bond donors (Lipinski definition) is 0. The van der Waals surface area contributed by atoms with E-state index in [0.717, 1.165) is 0 Å². The number of aromatic nitrogens is 1. The first-order chi connectivity index (χ1) is 5.27. The van der Waals surface area contributed by atoms with E-state index in [1.807, 2.05) is 0 Å². The summed E-state index contributed by atoms with van der Waals surface area (Å²) in [6.45, 7) is 0. The molecule has 1 rings (SSSR count). The molecule has 11 heavy (non-hydrogen) atoms. The molecule has 1 aromatic heterocycles. The Morgan fingerprint density at radius 3 is 2.82 bits per heavy atom. The molecule has 3 heteroatoms. The predicted molar refractivity (Wildman–Crippen MR) is 38.7 cm³/mol. The van der Waals surface area contributed by atoms with E-state index in [2.05, 4.69) is 15.6 Å². The van der Waals surface area contributed by atoms with Crippen LogP contribution in [0.2, 0.25) is 0 Å². The van der Waals surface area contributed by atoms with Gasteiger partial charge < -0.3 is 4.74 Å². The van der Waals surface area contributed by atoms with Crippen LogP contribution in [-0.4, -0.2) is 12.1 Å². The molecule has 0 amide bonds. The van der Waals surface area contributed by atoms with Gasteiger partial charge in [-0.1, -0.05) is 5.92 Å². The molecule has 0 fully saturated rings. The maximum Gasteiger partial charge on any atom is 0.231 e. The van der Waals surface area contributed by atoms with E-state index in [1.54, 1.807) is 0 Å². The first kappa shape index (κ1) is 7.55. The van der Waals surface area contributed by atoms with Gasteiger partial charge in [-0.3, -0.25) is 0 Å². The summed E-state index contributed by atoms with van der Waals surface area (Å²) >= 11 is 0. The first-order valence-corrected chi connectivity index (χ1v) is 2.95. The van der Waals surface area contributed by atoms with Crippen LogP contribution >= 0.6 is 0 Å². The molecular formula is C8H6FNO. The summed E-state index contributed by atoms with van der Waals surface area (Å²) in [7, 11) is 1.41. The van der Waals surface area contributed by atoms with E-state index in [-0.39, 0.29) is 11.4 Å². The van der Waals surface area contributed by atoms with Crippen molar-refractivity contribution in [2.75, 3.05) is 7.11 Å². The van der Waals surface area contributed by atoms with E-state index in [0.29, 0.717) is 0 Å². The highest BCUT2D eigenvalue weighted by molar-refractivity contribution is 5.32. The van der Waals surface area contributed by atoms with E-state index in [9.17, 15) is 4.39 Å². The number of terminal acetylenes is 1. The lowest BCUT2D eigenvalue weighted by Crippen LogP contribution is -1.92.